The molecule has 22 heteroatoms. The van der Waals surface area contributed by atoms with Gasteiger partial charge < -0.3 is 41.4 Å². The summed E-state index contributed by atoms with van der Waals surface area (Å²) in [4.78, 5) is 33.3. The smallest absolute Gasteiger partial charge is 0.387 e. The van der Waals surface area contributed by atoms with Gasteiger partial charge in [0.25, 0.3) is 12.1 Å². The molecule has 232 valence electrons. The Labute approximate surface area is 241 Å². The second-order valence-corrected chi connectivity index (χ2v) is 12.0. The van der Waals surface area contributed by atoms with E-state index < -0.39 is 84.3 Å². The first-order valence-electron chi connectivity index (χ1n) is 12.4. The van der Waals surface area contributed by atoms with E-state index in [1.165, 1.54) is 46.3 Å². The fraction of sp³-hybridized carbons (Fsp3) is 0.476. The molecule has 20 nitrogen and oxygen atoms in total. The predicted molar refractivity (Wildman–Crippen MR) is 137 cm³/mol. The molecule has 43 heavy (non-hydrogen) atoms. The number of carbonyl (C=O) groups is 1. The molecule has 2 aliphatic rings. The molecular weight excluding hydrogens is 620 g/mol. The fourth-order valence-electron chi connectivity index (χ4n) is 4.50. The van der Waals surface area contributed by atoms with Crippen LogP contribution in [0.25, 0.3) is 11.2 Å². The summed E-state index contributed by atoms with van der Waals surface area (Å²) >= 11 is 0. The Hall–Kier alpha value is -3.10. The highest BCUT2D eigenvalue weighted by molar-refractivity contribution is 7.56. The Balaban J connectivity index is 1.13. The van der Waals surface area contributed by atoms with E-state index >= 15 is 0 Å². The topological polar surface area (TPSA) is 298 Å². The number of phosphoric ester groups is 1. The van der Waals surface area contributed by atoms with Crippen molar-refractivity contribution in [1.29, 1.82) is 0 Å². The highest BCUT2D eigenvalue weighted by atomic mass is 31.2. The third-order valence-corrected chi connectivity index (χ3v) is 8.85. The van der Waals surface area contributed by atoms with Gasteiger partial charge in [0.15, 0.2) is 36.2 Å². The summed E-state index contributed by atoms with van der Waals surface area (Å²) in [5.41, 5.74) is 11.5. The van der Waals surface area contributed by atoms with Crippen molar-refractivity contribution in [3.05, 3.63) is 42.7 Å². The summed E-state index contributed by atoms with van der Waals surface area (Å²) < 4.78 is 52.5. The van der Waals surface area contributed by atoms with Crippen molar-refractivity contribution >= 4 is 39.0 Å². The van der Waals surface area contributed by atoms with E-state index in [0.717, 1.165) is 0 Å². The lowest BCUT2D eigenvalue weighted by atomic mass is 10.1. The first-order chi connectivity index (χ1) is 20.4. The van der Waals surface area contributed by atoms with Crippen molar-refractivity contribution < 1.29 is 66.6 Å². The van der Waals surface area contributed by atoms with Gasteiger partial charge in [0.2, 0.25) is 0 Å². The summed E-state index contributed by atoms with van der Waals surface area (Å²) in [5, 5.41) is 41.6. The number of ether oxygens (including phenoxy) is 2. The molecule has 0 aromatic carbocycles. The van der Waals surface area contributed by atoms with Gasteiger partial charge >= 0.3 is 16.1 Å². The molecule has 0 spiro atoms. The Morgan fingerprint density at radius 3 is 2.56 bits per heavy atom. The van der Waals surface area contributed by atoms with Gasteiger partial charge in [-0.3, -0.25) is 18.8 Å². The molecule has 9 N–H and O–H groups in total. The number of pyridine rings is 1. The predicted octanol–water partition coefficient (Wildman–Crippen LogP) is -2.46. The van der Waals surface area contributed by atoms with E-state index in [4.69, 9.17) is 30.0 Å². The highest BCUT2D eigenvalue weighted by Gasteiger charge is 2.51. The Morgan fingerprint density at radius 2 is 1.81 bits per heavy atom. The summed E-state index contributed by atoms with van der Waals surface area (Å²) in [5.74, 6) is -0.658. The number of nitrogens with zero attached hydrogens (tertiary/aromatic N) is 5. The van der Waals surface area contributed by atoms with E-state index in [1.54, 1.807) is 0 Å². The van der Waals surface area contributed by atoms with E-state index in [1.807, 2.05) is 0 Å². The number of aromatic nitrogens is 5. The molecule has 1 amide bonds. The van der Waals surface area contributed by atoms with Gasteiger partial charge in [0, 0.05) is 10.6 Å². The van der Waals surface area contributed by atoms with Crippen LogP contribution >= 0.6 is 16.1 Å². The first kappa shape index (κ1) is 31.3. The zero-order valence-electron chi connectivity index (χ0n) is 21.8. The van der Waals surface area contributed by atoms with Gasteiger partial charge in [-0.25, -0.2) is 19.5 Å². The third-order valence-electron chi connectivity index (χ3n) is 6.65. The van der Waals surface area contributed by atoms with Crippen LogP contribution in [0, 0.1) is 0 Å². The molecule has 0 bridgehead atoms. The van der Waals surface area contributed by atoms with E-state index in [0.29, 0.717) is 0 Å². The van der Waals surface area contributed by atoms with Crippen LogP contribution in [0.1, 0.15) is 22.8 Å². The number of imidazole rings is 1. The van der Waals surface area contributed by atoms with Crippen LogP contribution in [-0.4, -0.2) is 101 Å². The van der Waals surface area contributed by atoms with Gasteiger partial charge in [-0.15, -0.1) is 4.52 Å². The molecule has 0 aliphatic carbocycles. The molecule has 3 aromatic rings. The lowest BCUT2D eigenvalue weighted by Crippen LogP contribution is -2.46. The van der Waals surface area contributed by atoms with Crippen LogP contribution in [0.4, 0.5) is 5.82 Å². The minimum absolute atomic E-state index is 0.0743. The van der Waals surface area contributed by atoms with Crippen molar-refractivity contribution in [2.24, 2.45) is 5.73 Å². The van der Waals surface area contributed by atoms with E-state index in [9.17, 15) is 39.2 Å². The van der Waals surface area contributed by atoms with Crippen molar-refractivity contribution in [3.63, 3.8) is 0 Å². The standard InChI is InChI=1S/C21H25N7O13P2/c22-17-12-19(25-7-24-17)28(8-26-12)21-16(32)14(30)11(40-21)6-38-43(35,36)41-42(34)37-5-10-13(29)15(31)20(39-10)27-3-1-2-9(4-27)18(23)33/h1-4,7-8,10-11,13-16,20-21,29-32H,5-6H2,(H3-2,22,23,24,25,33,35,36)/p+2/t10-,11-,13-,14-,15-,16-,20-,21-/m1/s1. The van der Waals surface area contributed by atoms with Gasteiger partial charge in [0.1, 0.15) is 54.5 Å². The summed E-state index contributed by atoms with van der Waals surface area (Å²) in [6, 6.07) is 2.90. The van der Waals surface area contributed by atoms with Crippen molar-refractivity contribution in [1.82, 2.24) is 19.5 Å². The SMILES string of the molecule is NC(=O)c1ccc[n+]([C@@H]2O[C@H](CO[P+](=O)OP(=O)(O)OC[C@H]3O[C@@H](n4cnc5c(N)ncnc54)[C@H](O)[C@@H]3O)[C@@H](O)[C@H]2O)c1. The number of nitrogens with two attached hydrogens (primary N) is 2. The summed E-state index contributed by atoms with van der Waals surface area (Å²) in [6.45, 7) is -1.43. The molecule has 2 saturated heterocycles. The van der Waals surface area contributed by atoms with Crippen LogP contribution in [-0.2, 0) is 32.0 Å². The molecular formula is C21H27N7O13P2+2. The molecule has 3 aromatic heterocycles. The number of hydrogen-bond acceptors (Lipinski definition) is 16. The number of phosphoric acid groups is 1. The Morgan fingerprint density at radius 1 is 1.09 bits per heavy atom. The number of fused-ring (bicyclic) bond motifs is 1. The molecule has 5 heterocycles. The minimum Gasteiger partial charge on any atom is -0.387 e. The number of aliphatic hydroxyl groups excluding tert-OH is 4. The Bertz CT molecular complexity index is 1560. The highest BCUT2D eigenvalue weighted by Crippen LogP contribution is 2.53. The number of primary amides is 1. The average Bonchev–Trinajstić information content (AvgIpc) is 3.61. The number of carbonyl (C=O) groups excluding carboxylic acids is 1. The number of hydrogen-bond donors (Lipinski definition) is 7. The van der Waals surface area contributed by atoms with Crippen molar-refractivity contribution in [3.8, 4) is 0 Å². The maximum absolute atomic E-state index is 12.4. The number of rotatable bonds is 11. The van der Waals surface area contributed by atoms with Gasteiger partial charge in [-0.1, -0.05) is 0 Å². The first-order valence-corrected chi connectivity index (χ1v) is 15.0. The number of anilines is 1. The molecule has 0 saturated carbocycles. The Kier molecular flexibility index (Phi) is 9.10. The van der Waals surface area contributed by atoms with Crippen LogP contribution in [0.5, 0.6) is 0 Å². The normalized spacial score (nSPS) is 30.9. The lowest BCUT2D eigenvalue weighted by molar-refractivity contribution is -0.765. The number of nitrogen functional groups attached to an aromatic ring is 1. The van der Waals surface area contributed by atoms with Gasteiger partial charge in [-0.05, 0) is 10.4 Å². The number of aliphatic hydroxyl groups is 4. The largest absolute Gasteiger partial charge is 0.708 e. The second-order valence-electron chi connectivity index (χ2n) is 9.44. The quantitative estimate of drug-likeness (QED) is 0.0838. The molecule has 2 fully saturated rings. The van der Waals surface area contributed by atoms with Crippen LogP contribution in [0.15, 0.2) is 37.2 Å². The van der Waals surface area contributed by atoms with E-state index in [2.05, 4.69) is 19.3 Å². The van der Waals surface area contributed by atoms with Crippen LogP contribution < -0.4 is 16.0 Å². The van der Waals surface area contributed by atoms with Crippen LogP contribution in [0.2, 0.25) is 0 Å². The molecule has 5 rings (SSSR count). The molecule has 2 aliphatic heterocycles. The van der Waals surface area contributed by atoms with Crippen LogP contribution in [0.3, 0.4) is 0 Å². The number of amides is 1. The zero-order chi connectivity index (χ0) is 31.1. The summed E-state index contributed by atoms with van der Waals surface area (Å²) in [7, 11) is -8.40. The third kappa shape index (κ3) is 6.55. The fourth-order valence-corrected chi connectivity index (χ4v) is 6.15. The maximum atomic E-state index is 12.4. The van der Waals surface area contributed by atoms with E-state index in [-0.39, 0.29) is 22.5 Å². The molecule has 2 unspecified atom stereocenters. The van der Waals surface area contributed by atoms with Crippen molar-refractivity contribution in [2.45, 2.75) is 49.1 Å². The molecule has 10 atom stereocenters. The minimum atomic E-state index is -5.07. The monoisotopic (exact) mass is 647 g/mol. The van der Waals surface area contributed by atoms with Gasteiger partial charge in [-0.2, -0.15) is 4.57 Å². The summed E-state index contributed by atoms with van der Waals surface area (Å²) in [6.07, 6.45) is -5.98. The molecule has 0 radical (unpaired) electrons. The lowest BCUT2D eigenvalue weighted by Gasteiger charge is -2.16. The second kappa shape index (κ2) is 12.5. The maximum Gasteiger partial charge on any atom is 0.708 e. The average molecular weight is 647 g/mol. The van der Waals surface area contributed by atoms with Gasteiger partial charge in [0.05, 0.1) is 12.9 Å². The van der Waals surface area contributed by atoms with Crippen molar-refractivity contribution in [2.75, 3.05) is 18.9 Å². The zero-order valence-corrected chi connectivity index (χ0v) is 23.6.